The molecule has 0 radical (unpaired) electrons. The predicted octanol–water partition coefficient (Wildman–Crippen LogP) is 5.26. The first-order chi connectivity index (χ1) is 11.0. The van der Waals surface area contributed by atoms with Gasteiger partial charge in [-0.25, -0.2) is 8.78 Å². The van der Waals surface area contributed by atoms with Gasteiger partial charge in [0, 0.05) is 27.7 Å². The van der Waals surface area contributed by atoms with E-state index in [1.165, 1.54) is 0 Å². The average molecular weight is 397 g/mol. The molecule has 3 rings (SSSR count). The number of carbonyl (C=O) groups excluding carboxylic acids is 1. The molecule has 3 aromatic rings. The van der Waals surface area contributed by atoms with Crippen molar-refractivity contribution in [1.29, 1.82) is 0 Å². The van der Waals surface area contributed by atoms with Crippen LogP contribution in [0.25, 0.3) is 10.9 Å². The Kier molecular flexibility index (Phi) is 4.41. The molecule has 0 N–H and O–H groups in total. The molecule has 2 nitrogen and oxygen atoms in total. The number of fused-ring (bicyclic) bond motifs is 1. The van der Waals surface area contributed by atoms with Crippen LogP contribution in [0.1, 0.15) is 17.0 Å². The third-order valence-corrected chi connectivity index (χ3v) is 4.27. The highest BCUT2D eigenvalue weighted by Gasteiger charge is 2.20. The quantitative estimate of drug-likeness (QED) is 0.446. The van der Waals surface area contributed by atoms with Crippen LogP contribution in [0.3, 0.4) is 0 Å². The van der Waals surface area contributed by atoms with E-state index in [1.54, 1.807) is 24.4 Å². The van der Waals surface area contributed by atoms with Crippen molar-refractivity contribution in [1.82, 2.24) is 4.98 Å². The molecule has 0 fully saturated rings. The molecule has 0 aliphatic rings. The number of aromatic nitrogens is 1. The second-order valence-corrected chi connectivity index (χ2v) is 6.33. The van der Waals surface area contributed by atoms with Crippen LogP contribution in [0.2, 0.25) is 5.02 Å². The van der Waals surface area contributed by atoms with Crippen molar-refractivity contribution >= 4 is 44.7 Å². The van der Waals surface area contributed by atoms with Gasteiger partial charge in [-0.05, 0) is 45.8 Å². The Morgan fingerprint density at radius 1 is 1.13 bits per heavy atom. The Hall–Kier alpha value is -1.85. The van der Waals surface area contributed by atoms with E-state index >= 15 is 0 Å². The highest BCUT2D eigenvalue weighted by molar-refractivity contribution is 9.10. The van der Waals surface area contributed by atoms with Crippen LogP contribution in [-0.2, 0) is 4.79 Å². The summed E-state index contributed by atoms with van der Waals surface area (Å²) in [6.07, 6.45) is 2.28. The summed E-state index contributed by atoms with van der Waals surface area (Å²) in [5.74, 6) is -2.54. The van der Waals surface area contributed by atoms with Gasteiger partial charge in [-0.1, -0.05) is 17.7 Å². The molecule has 0 bridgehead atoms. The molecule has 0 aliphatic carbocycles. The van der Waals surface area contributed by atoms with Gasteiger partial charge < -0.3 is 4.79 Å². The predicted molar refractivity (Wildman–Crippen MR) is 88.7 cm³/mol. The fourth-order valence-corrected chi connectivity index (χ4v) is 2.95. The molecule has 23 heavy (non-hydrogen) atoms. The Morgan fingerprint density at radius 3 is 2.65 bits per heavy atom. The van der Waals surface area contributed by atoms with Crippen LogP contribution in [-0.4, -0.2) is 11.3 Å². The van der Waals surface area contributed by atoms with Crippen molar-refractivity contribution in [2.75, 3.05) is 0 Å². The summed E-state index contributed by atoms with van der Waals surface area (Å²) in [4.78, 5) is 15.8. The number of hydrogen-bond donors (Lipinski definition) is 0. The first kappa shape index (κ1) is 16.0. The minimum absolute atomic E-state index is 0.0358. The van der Waals surface area contributed by atoms with E-state index in [0.29, 0.717) is 17.9 Å². The van der Waals surface area contributed by atoms with Gasteiger partial charge in [0.25, 0.3) is 0 Å². The van der Waals surface area contributed by atoms with Crippen LogP contribution in [0.4, 0.5) is 8.78 Å². The number of rotatable bonds is 3. The standard InChI is InChI=1S/C17H9BrClF2NO/c18-11-4-10-3-9(1-2-17(10)22-7-11)13(8-23)12-5-14(19)16(21)6-15(12)20/h1-8,13H/t13-/m0/s1. The number of aldehydes is 1. The third-order valence-electron chi connectivity index (χ3n) is 3.54. The fourth-order valence-electron chi connectivity index (χ4n) is 2.42. The van der Waals surface area contributed by atoms with E-state index in [1.807, 2.05) is 6.07 Å². The number of benzene rings is 2. The van der Waals surface area contributed by atoms with Gasteiger partial charge in [-0.15, -0.1) is 0 Å². The summed E-state index contributed by atoms with van der Waals surface area (Å²) in [5, 5.41) is 0.579. The topological polar surface area (TPSA) is 30.0 Å². The number of halogens is 4. The molecule has 0 aliphatic heterocycles. The number of nitrogens with zero attached hydrogens (tertiary/aromatic N) is 1. The van der Waals surface area contributed by atoms with Crippen LogP contribution >= 0.6 is 27.5 Å². The summed E-state index contributed by atoms with van der Waals surface area (Å²) in [7, 11) is 0. The van der Waals surface area contributed by atoms with E-state index in [9.17, 15) is 13.6 Å². The lowest BCUT2D eigenvalue weighted by Crippen LogP contribution is -2.06. The van der Waals surface area contributed by atoms with E-state index in [-0.39, 0.29) is 10.6 Å². The van der Waals surface area contributed by atoms with E-state index in [0.717, 1.165) is 21.4 Å². The van der Waals surface area contributed by atoms with Gasteiger partial charge in [0.05, 0.1) is 16.5 Å². The maximum absolute atomic E-state index is 14.1. The first-order valence-electron chi connectivity index (χ1n) is 6.64. The first-order valence-corrected chi connectivity index (χ1v) is 7.81. The van der Waals surface area contributed by atoms with Crippen LogP contribution < -0.4 is 0 Å². The Bertz CT molecular complexity index is 916. The molecule has 0 saturated heterocycles. The Labute approximate surface area is 144 Å². The molecule has 1 heterocycles. The second-order valence-electron chi connectivity index (χ2n) is 5.01. The summed E-state index contributed by atoms with van der Waals surface area (Å²) in [5.41, 5.74) is 1.36. The third kappa shape index (κ3) is 3.12. The SMILES string of the molecule is O=C[C@@H](c1ccc2ncc(Br)cc2c1)c1cc(Cl)c(F)cc1F. The van der Waals surface area contributed by atoms with Gasteiger partial charge in [0.15, 0.2) is 0 Å². The van der Waals surface area contributed by atoms with Crippen LogP contribution in [0, 0.1) is 11.6 Å². The van der Waals surface area contributed by atoms with Gasteiger partial charge in [0.2, 0.25) is 0 Å². The molecule has 1 atom stereocenters. The molecule has 0 unspecified atom stereocenters. The lowest BCUT2D eigenvalue weighted by Gasteiger charge is -2.14. The number of pyridine rings is 1. The highest BCUT2D eigenvalue weighted by atomic mass is 79.9. The smallest absolute Gasteiger partial charge is 0.144 e. The van der Waals surface area contributed by atoms with Crippen molar-refractivity contribution < 1.29 is 13.6 Å². The van der Waals surface area contributed by atoms with Gasteiger partial charge >= 0.3 is 0 Å². The minimum atomic E-state index is -0.878. The molecular weight excluding hydrogens is 388 g/mol. The largest absolute Gasteiger partial charge is 0.302 e. The summed E-state index contributed by atoms with van der Waals surface area (Å²) in [6, 6.07) is 8.88. The maximum atomic E-state index is 14.1. The van der Waals surface area contributed by atoms with Crippen molar-refractivity contribution in [3.8, 4) is 0 Å². The maximum Gasteiger partial charge on any atom is 0.144 e. The van der Waals surface area contributed by atoms with E-state index in [4.69, 9.17) is 11.6 Å². The Balaban J connectivity index is 2.14. The van der Waals surface area contributed by atoms with Crippen LogP contribution in [0.5, 0.6) is 0 Å². The van der Waals surface area contributed by atoms with E-state index < -0.39 is 17.6 Å². The molecule has 6 heteroatoms. The number of hydrogen-bond acceptors (Lipinski definition) is 2. The summed E-state index contributed by atoms with van der Waals surface area (Å²) < 4.78 is 28.2. The van der Waals surface area contributed by atoms with Crippen molar-refractivity contribution in [2.24, 2.45) is 0 Å². The molecule has 0 spiro atoms. The zero-order chi connectivity index (χ0) is 16.6. The zero-order valence-electron chi connectivity index (χ0n) is 11.6. The highest BCUT2D eigenvalue weighted by Crippen LogP contribution is 2.31. The second kappa shape index (κ2) is 6.34. The fraction of sp³-hybridized carbons (Fsp3) is 0.0588. The zero-order valence-corrected chi connectivity index (χ0v) is 13.9. The average Bonchev–Trinajstić information content (AvgIpc) is 2.52. The van der Waals surface area contributed by atoms with Gasteiger partial charge in [0.1, 0.15) is 17.9 Å². The van der Waals surface area contributed by atoms with Crippen molar-refractivity contribution in [2.45, 2.75) is 5.92 Å². The molecular formula is C17H9BrClF2NO. The number of carbonyl (C=O) groups is 1. The monoisotopic (exact) mass is 395 g/mol. The lowest BCUT2D eigenvalue weighted by molar-refractivity contribution is -0.108. The summed E-state index contributed by atoms with van der Waals surface area (Å²) >= 11 is 9.05. The van der Waals surface area contributed by atoms with Gasteiger partial charge in [-0.3, -0.25) is 4.98 Å². The molecule has 1 aromatic heterocycles. The normalized spacial score (nSPS) is 12.3. The molecule has 0 saturated carbocycles. The summed E-state index contributed by atoms with van der Waals surface area (Å²) in [6.45, 7) is 0. The lowest BCUT2D eigenvalue weighted by atomic mass is 9.91. The molecule has 116 valence electrons. The van der Waals surface area contributed by atoms with E-state index in [2.05, 4.69) is 20.9 Å². The Morgan fingerprint density at radius 2 is 1.91 bits per heavy atom. The molecule has 0 amide bonds. The van der Waals surface area contributed by atoms with Crippen molar-refractivity contribution in [3.05, 3.63) is 74.9 Å². The van der Waals surface area contributed by atoms with Crippen LogP contribution in [0.15, 0.2) is 47.1 Å². The minimum Gasteiger partial charge on any atom is -0.302 e. The molecule has 2 aromatic carbocycles. The van der Waals surface area contributed by atoms with Crippen molar-refractivity contribution in [3.63, 3.8) is 0 Å². The van der Waals surface area contributed by atoms with Gasteiger partial charge in [-0.2, -0.15) is 0 Å².